The third-order valence-corrected chi connectivity index (χ3v) is 5.12. The molecule has 0 saturated heterocycles. The summed E-state index contributed by atoms with van der Waals surface area (Å²) in [5, 5.41) is 4.58. The van der Waals surface area contributed by atoms with Gasteiger partial charge in [-0.25, -0.2) is 4.79 Å². The molecule has 34 heavy (non-hydrogen) atoms. The van der Waals surface area contributed by atoms with Crippen LogP contribution in [0.3, 0.4) is 0 Å². The highest BCUT2D eigenvalue weighted by molar-refractivity contribution is 6.33. The van der Waals surface area contributed by atoms with E-state index in [-0.39, 0.29) is 11.2 Å². The summed E-state index contributed by atoms with van der Waals surface area (Å²) in [6.07, 6.45) is -4.65. The van der Waals surface area contributed by atoms with Gasteiger partial charge in [0.2, 0.25) is 6.79 Å². The molecule has 0 saturated carbocycles. The van der Waals surface area contributed by atoms with E-state index >= 15 is 0 Å². The molecule has 0 spiro atoms. The number of aliphatic imine (C=N–C) groups is 1. The van der Waals surface area contributed by atoms with Crippen LogP contribution in [0.15, 0.2) is 29.3 Å². The molecular weight excluding hydrogens is 475 g/mol. The maximum atomic E-state index is 12.2. The van der Waals surface area contributed by atoms with Gasteiger partial charge in [0, 0.05) is 25.9 Å². The fourth-order valence-electron chi connectivity index (χ4n) is 3.01. The number of ether oxygens (including phenoxy) is 3. The van der Waals surface area contributed by atoms with Gasteiger partial charge in [0.05, 0.1) is 10.7 Å². The second kappa shape index (κ2) is 10.9. The van der Waals surface area contributed by atoms with Crippen LogP contribution in [0.2, 0.25) is 5.02 Å². The van der Waals surface area contributed by atoms with Crippen molar-refractivity contribution in [3.8, 4) is 0 Å². The van der Waals surface area contributed by atoms with Crippen molar-refractivity contribution in [1.82, 2.24) is 9.78 Å². The molecule has 0 bridgehead atoms. The van der Waals surface area contributed by atoms with Crippen molar-refractivity contribution in [2.45, 2.75) is 39.3 Å². The fraction of sp³-hybridized carbons (Fsp3) is 0.435. The summed E-state index contributed by atoms with van der Waals surface area (Å²) in [5.41, 5.74) is 3.18. The van der Waals surface area contributed by atoms with Crippen molar-refractivity contribution in [2.75, 3.05) is 20.4 Å². The molecule has 0 fully saturated rings. The van der Waals surface area contributed by atoms with Crippen molar-refractivity contribution in [3.05, 3.63) is 51.8 Å². The Bertz CT molecular complexity index is 1070. The number of rotatable bonds is 7. The molecule has 0 radical (unpaired) electrons. The molecule has 0 aliphatic heterocycles. The van der Waals surface area contributed by atoms with E-state index < -0.39 is 25.7 Å². The highest BCUT2D eigenvalue weighted by Gasteiger charge is 2.30. The van der Waals surface area contributed by atoms with E-state index in [1.807, 2.05) is 24.3 Å². The van der Waals surface area contributed by atoms with Gasteiger partial charge in [0.1, 0.15) is 5.69 Å². The van der Waals surface area contributed by atoms with Crippen LogP contribution in [0.1, 0.15) is 43.3 Å². The predicted molar refractivity (Wildman–Crippen MR) is 124 cm³/mol. The lowest BCUT2D eigenvalue weighted by molar-refractivity contribution is -0.167. The van der Waals surface area contributed by atoms with E-state index in [0.717, 1.165) is 11.1 Å². The fourth-order valence-corrected chi connectivity index (χ4v) is 3.26. The van der Waals surface area contributed by atoms with Gasteiger partial charge in [-0.1, -0.05) is 56.6 Å². The Morgan fingerprint density at radius 3 is 2.24 bits per heavy atom. The molecule has 7 nitrogen and oxygen atoms in total. The van der Waals surface area contributed by atoms with Crippen LogP contribution in [0.4, 0.5) is 18.0 Å². The van der Waals surface area contributed by atoms with Crippen LogP contribution in [-0.2, 0) is 26.7 Å². The number of carbonyl (C=O) groups excluding carboxylic acids is 1. The Morgan fingerprint density at radius 1 is 1.15 bits per heavy atom. The minimum atomic E-state index is -4.67. The number of carbonyl (C=O) groups is 1. The van der Waals surface area contributed by atoms with E-state index in [0.29, 0.717) is 22.0 Å². The molecule has 0 amide bonds. The van der Waals surface area contributed by atoms with Gasteiger partial charge in [-0.05, 0) is 23.5 Å². The number of aryl methyl sites for hydroxylation is 2. The Morgan fingerprint density at radius 2 is 1.76 bits per heavy atom. The zero-order valence-corrected chi connectivity index (χ0v) is 20.5. The standard InChI is InChI=1S/C23H27ClF3N3O4/c1-14-18(24)19(30(6)29-14)20(33-13-34-21(31)32-12-23(25,26)27)17(11-28-5)15-7-9-16(10-8-15)22(2,3)4/h7-11H,12-13H2,1-6H3/b20-17-,28-11?. The Labute approximate surface area is 201 Å². The number of nitrogens with zero attached hydrogens (tertiary/aromatic N) is 3. The first-order valence-electron chi connectivity index (χ1n) is 10.2. The normalized spacial score (nSPS) is 13.1. The third-order valence-electron chi connectivity index (χ3n) is 4.66. The average Bonchev–Trinajstić information content (AvgIpc) is 2.99. The second-order valence-electron chi connectivity index (χ2n) is 8.39. The van der Waals surface area contributed by atoms with Crippen molar-refractivity contribution >= 4 is 35.3 Å². The van der Waals surface area contributed by atoms with Gasteiger partial charge in [-0.15, -0.1) is 0 Å². The molecular formula is C23H27ClF3N3O4. The number of aromatic nitrogens is 2. The Hall–Kier alpha value is -3.01. The molecule has 11 heteroatoms. The van der Waals surface area contributed by atoms with Gasteiger partial charge in [-0.2, -0.15) is 18.3 Å². The summed E-state index contributed by atoms with van der Waals surface area (Å²) in [5.74, 6) is 0.172. The molecule has 1 aromatic carbocycles. The van der Waals surface area contributed by atoms with E-state index in [4.69, 9.17) is 16.3 Å². The topological polar surface area (TPSA) is 74.9 Å². The largest absolute Gasteiger partial charge is 0.511 e. The zero-order chi connectivity index (χ0) is 25.7. The highest BCUT2D eigenvalue weighted by Crippen LogP contribution is 2.33. The monoisotopic (exact) mass is 501 g/mol. The Kier molecular flexibility index (Phi) is 8.77. The number of alkyl halides is 3. The highest BCUT2D eigenvalue weighted by atomic mass is 35.5. The zero-order valence-electron chi connectivity index (χ0n) is 19.8. The van der Waals surface area contributed by atoms with Gasteiger partial charge in [0.15, 0.2) is 12.4 Å². The van der Waals surface area contributed by atoms with Crippen LogP contribution in [0.25, 0.3) is 11.3 Å². The van der Waals surface area contributed by atoms with Gasteiger partial charge in [0.25, 0.3) is 0 Å². The Balaban J connectivity index is 2.46. The van der Waals surface area contributed by atoms with Crippen molar-refractivity contribution in [3.63, 3.8) is 0 Å². The third kappa shape index (κ3) is 7.24. The molecule has 1 heterocycles. The van der Waals surface area contributed by atoms with E-state index in [2.05, 4.69) is 40.3 Å². The molecule has 0 unspecified atom stereocenters. The number of hydrogen-bond acceptors (Lipinski definition) is 6. The summed E-state index contributed by atoms with van der Waals surface area (Å²) in [4.78, 5) is 15.6. The first kappa shape index (κ1) is 27.2. The van der Waals surface area contributed by atoms with E-state index in [1.165, 1.54) is 4.68 Å². The average molecular weight is 502 g/mol. The molecule has 0 atom stereocenters. The van der Waals surface area contributed by atoms with Gasteiger partial charge in [-0.3, -0.25) is 9.67 Å². The van der Waals surface area contributed by atoms with Crippen LogP contribution in [-0.4, -0.2) is 48.8 Å². The number of halogens is 4. The lowest BCUT2D eigenvalue weighted by Gasteiger charge is -2.20. The second-order valence-corrected chi connectivity index (χ2v) is 8.77. The van der Waals surface area contributed by atoms with E-state index in [9.17, 15) is 18.0 Å². The molecule has 1 aromatic heterocycles. The molecule has 0 N–H and O–H groups in total. The quantitative estimate of drug-likeness (QED) is 0.203. The molecule has 0 aliphatic carbocycles. The van der Waals surface area contributed by atoms with Gasteiger partial charge >= 0.3 is 12.3 Å². The van der Waals surface area contributed by atoms with Crippen LogP contribution in [0, 0.1) is 6.92 Å². The predicted octanol–water partition coefficient (Wildman–Crippen LogP) is 5.94. The smallest absolute Gasteiger partial charge is 0.454 e. The first-order valence-corrected chi connectivity index (χ1v) is 10.6. The maximum absolute atomic E-state index is 12.2. The summed E-state index contributed by atoms with van der Waals surface area (Å²) in [7, 11) is 3.22. The molecule has 2 rings (SSSR count). The summed E-state index contributed by atoms with van der Waals surface area (Å²) in [6.45, 7) is 5.49. The SMILES string of the molecule is CN=C/C(=C(/OCOC(=O)OCC(F)(F)F)c1c(Cl)c(C)nn1C)c1ccc(C(C)(C)C)cc1. The van der Waals surface area contributed by atoms with Crippen LogP contribution in [0.5, 0.6) is 0 Å². The van der Waals surface area contributed by atoms with Crippen LogP contribution < -0.4 is 0 Å². The van der Waals surface area contributed by atoms with Gasteiger partial charge < -0.3 is 14.2 Å². The van der Waals surface area contributed by atoms with Crippen molar-refractivity contribution < 1.29 is 32.2 Å². The summed E-state index contributed by atoms with van der Waals surface area (Å²) in [6, 6.07) is 7.71. The van der Waals surface area contributed by atoms with Crippen molar-refractivity contribution in [1.29, 1.82) is 0 Å². The minimum Gasteiger partial charge on any atom is -0.454 e. The molecule has 2 aromatic rings. The summed E-state index contributed by atoms with van der Waals surface area (Å²) < 4.78 is 52.6. The lowest BCUT2D eigenvalue weighted by Crippen LogP contribution is -2.21. The maximum Gasteiger partial charge on any atom is 0.511 e. The molecule has 0 aliphatic rings. The summed E-state index contributed by atoms with van der Waals surface area (Å²) >= 11 is 6.47. The van der Waals surface area contributed by atoms with Crippen molar-refractivity contribution in [2.24, 2.45) is 12.0 Å². The lowest BCUT2D eigenvalue weighted by atomic mass is 9.86. The number of allylic oxidation sites excluding steroid dienone is 1. The number of hydrogen-bond donors (Lipinski definition) is 0. The first-order chi connectivity index (χ1) is 15.7. The number of benzene rings is 1. The van der Waals surface area contributed by atoms with E-state index in [1.54, 1.807) is 27.2 Å². The molecule has 186 valence electrons. The minimum absolute atomic E-state index is 0.0618. The van der Waals surface area contributed by atoms with Crippen LogP contribution >= 0.6 is 11.6 Å².